The van der Waals surface area contributed by atoms with Crippen molar-refractivity contribution in [2.24, 2.45) is 11.7 Å². The predicted octanol–water partition coefficient (Wildman–Crippen LogP) is 0.853. The first-order valence-electron chi connectivity index (χ1n) is 6.96. The van der Waals surface area contributed by atoms with E-state index in [2.05, 4.69) is 0 Å². The Morgan fingerprint density at radius 3 is 2.52 bits per heavy atom. The molecule has 1 heterocycles. The third kappa shape index (κ3) is 3.36. The zero-order valence-corrected chi connectivity index (χ0v) is 12.9. The van der Waals surface area contributed by atoms with E-state index in [-0.39, 0.29) is 16.7 Å². The van der Waals surface area contributed by atoms with E-state index in [1.54, 1.807) is 25.1 Å². The van der Waals surface area contributed by atoms with E-state index < -0.39 is 10.0 Å². The Bertz CT molecular complexity index is 635. The lowest BCUT2D eigenvalue weighted by Crippen LogP contribution is -2.39. The molecule has 1 aliphatic rings. The molecule has 0 unspecified atom stereocenters. The smallest absolute Gasteiger partial charge is 0.243 e. The summed E-state index contributed by atoms with van der Waals surface area (Å²) in [7, 11) is -3.53. The van der Waals surface area contributed by atoms with Crippen molar-refractivity contribution in [1.29, 1.82) is 0 Å². The van der Waals surface area contributed by atoms with Crippen LogP contribution in [0.25, 0.3) is 0 Å². The van der Waals surface area contributed by atoms with Crippen LogP contribution in [-0.4, -0.2) is 31.7 Å². The lowest BCUT2D eigenvalue weighted by molar-refractivity contribution is -0.119. The van der Waals surface area contributed by atoms with Gasteiger partial charge in [0.25, 0.3) is 0 Å². The fraction of sp³-hybridized carbons (Fsp3) is 0.500. The average molecular weight is 311 g/mol. The molecule has 0 aliphatic carbocycles. The lowest BCUT2D eigenvalue weighted by Gasteiger charge is -2.31. The van der Waals surface area contributed by atoms with E-state index in [1.165, 1.54) is 4.31 Å². The number of carbonyl (C=O) groups is 1. The molecule has 0 spiro atoms. The minimum absolute atomic E-state index is 0.177. The maximum Gasteiger partial charge on any atom is 0.243 e. The SMILES string of the molecule is Cc1c(N)cccc1S(=O)(=O)N1CCC(CC(N)=O)CC1. The Balaban J connectivity index is 2.15. The highest BCUT2D eigenvalue weighted by atomic mass is 32.2. The number of hydrogen-bond donors (Lipinski definition) is 2. The van der Waals surface area contributed by atoms with Gasteiger partial charge in [-0.15, -0.1) is 0 Å². The summed E-state index contributed by atoms with van der Waals surface area (Å²) in [5, 5.41) is 0. The summed E-state index contributed by atoms with van der Waals surface area (Å²) in [6.07, 6.45) is 1.64. The van der Waals surface area contributed by atoms with E-state index >= 15 is 0 Å². The third-order valence-corrected chi connectivity index (χ3v) is 6.05. The normalized spacial score (nSPS) is 17.8. The molecule has 1 aliphatic heterocycles. The zero-order valence-electron chi connectivity index (χ0n) is 12.1. The topological polar surface area (TPSA) is 106 Å². The van der Waals surface area contributed by atoms with Crippen molar-refractivity contribution in [3.05, 3.63) is 23.8 Å². The summed E-state index contributed by atoms with van der Waals surface area (Å²) < 4.78 is 26.8. The van der Waals surface area contributed by atoms with Gasteiger partial charge in [0, 0.05) is 25.2 Å². The van der Waals surface area contributed by atoms with E-state index in [0.29, 0.717) is 43.6 Å². The van der Waals surface area contributed by atoms with Crippen LogP contribution in [0.4, 0.5) is 5.69 Å². The van der Waals surface area contributed by atoms with Crippen molar-refractivity contribution in [2.75, 3.05) is 18.8 Å². The van der Waals surface area contributed by atoms with Crippen molar-refractivity contribution in [3.63, 3.8) is 0 Å². The zero-order chi connectivity index (χ0) is 15.6. The molecule has 1 saturated heterocycles. The molecule has 6 nitrogen and oxygen atoms in total. The largest absolute Gasteiger partial charge is 0.398 e. The van der Waals surface area contributed by atoms with E-state index in [1.807, 2.05) is 0 Å². The minimum Gasteiger partial charge on any atom is -0.398 e. The Labute approximate surface area is 125 Å². The van der Waals surface area contributed by atoms with Crippen molar-refractivity contribution in [2.45, 2.75) is 31.1 Å². The number of sulfonamides is 1. The van der Waals surface area contributed by atoms with Crippen LogP contribution in [0.2, 0.25) is 0 Å². The second kappa shape index (κ2) is 6.03. The summed E-state index contributed by atoms with van der Waals surface area (Å²) in [5.74, 6) is -0.154. The van der Waals surface area contributed by atoms with Crippen LogP contribution in [0.5, 0.6) is 0 Å². The van der Waals surface area contributed by atoms with Gasteiger partial charge in [-0.3, -0.25) is 4.79 Å². The highest BCUT2D eigenvalue weighted by Crippen LogP contribution is 2.28. The van der Waals surface area contributed by atoms with Gasteiger partial charge in [0.1, 0.15) is 0 Å². The van der Waals surface area contributed by atoms with E-state index in [0.717, 1.165) is 0 Å². The summed E-state index contributed by atoms with van der Waals surface area (Å²) >= 11 is 0. The van der Waals surface area contributed by atoms with E-state index in [4.69, 9.17) is 11.5 Å². The number of benzene rings is 1. The Morgan fingerprint density at radius 1 is 1.33 bits per heavy atom. The molecule has 2 rings (SSSR count). The maximum absolute atomic E-state index is 12.7. The van der Waals surface area contributed by atoms with Gasteiger partial charge in [-0.2, -0.15) is 4.31 Å². The van der Waals surface area contributed by atoms with Gasteiger partial charge in [0.05, 0.1) is 4.90 Å². The monoisotopic (exact) mass is 311 g/mol. The number of piperidine rings is 1. The first-order valence-corrected chi connectivity index (χ1v) is 8.40. The summed E-state index contributed by atoms with van der Waals surface area (Å²) in [4.78, 5) is 11.2. The summed E-state index contributed by atoms with van der Waals surface area (Å²) in [5.41, 5.74) is 12.0. The van der Waals surface area contributed by atoms with Crippen LogP contribution in [-0.2, 0) is 14.8 Å². The minimum atomic E-state index is -3.53. The Morgan fingerprint density at radius 2 is 1.95 bits per heavy atom. The number of nitrogen functional groups attached to an aromatic ring is 1. The van der Waals surface area contributed by atoms with Gasteiger partial charge in [0.15, 0.2) is 0 Å². The third-order valence-electron chi connectivity index (χ3n) is 4.01. The number of hydrogen-bond acceptors (Lipinski definition) is 4. The molecule has 7 heteroatoms. The molecule has 116 valence electrons. The molecular formula is C14H21N3O3S. The lowest BCUT2D eigenvalue weighted by atomic mass is 9.94. The van der Waals surface area contributed by atoms with Crippen LogP contribution in [0.3, 0.4) is 0 Å². The summed E-state index contributed by atoms with van der Waals surface area (Å²) in [6.45, 7) is 2.53. The number of anilines is 1. The molecular weight excluding hydrogens is 290 g/mol. The number of carbonyl (C=O) groups excluding carboxylic acids is 1. The van der Waals surface area contributed by atoms with Gasteiger partial charge >= 0.3 is 0 Å². The molecule has 0 radical (unpaired) electrons. The number of amides is 1. The van der Waals surface area contributed by atoms with Gasteiger partial charge in [-0.1, -0.05) is 6.07 Å². The number of primary amides is 1. The quantitative estimate of drug-likeness (QED) is 0.804. The molecule has 1 aromatic carbocycles. The predicted molar refractivity (Wildman–Crippen MR) is 80.9 cm³/mol. The average Bonchev–Trinajstić information content (AvgIpc) is 2.41. The second-order valence-electron chi connectivity index (χ2n) is 5.49. The highest BCUT2D eigenvalue weighted by Gasteiger charge is 2.31. The second-order valence-corrected chi connectivity index (χ2v) is 7.39. The molecule has 1 aromatic rings. The van der Waals surface area contributed by atoms with Crippen molar-refractivity contribution in [1.82, 2.24) is 4.31 Å². The molecule has 4 N–H and O–H groups in total. The molecule has 0 atom stereocenters. The summed E-state index contributed by atoms with van der Waals surface area (Å²) in [6, 6.07) is 4.92. The molecule has 1 fully saturated rings. The first-order chi connectivity index (χ1) is 9.82. The molecule has 21 heavy (non-hydrogen) atoms. The fourth-order valence-corrected chi connectivity index (χ4v) is 4.41. The standard InChI is InChI=1S/C14H21N3O3S/c1-10-12(15)3-2-4-13(10)21(19,20)17-7-5-11(6-8-17)9-14(16)18/h2-4,11H,5-9,15H2,1H3,(H2,16,18). The van der Waals surface area contributed by atoms with Crippen LogP contribution in [0.15, 0.2) is 23.1 Å². The van der Waals surface area contributed by atoms with Crippen molar-refractivity contribution < 1.29 is 13.2 Å². The Kier molecular flexibility index (Phi) is 4.53. The first kappa shape index (κ1) is 15.8. The van der Waals surface area contributed by atoms with Crippen LogP contribution in [0.1, 0.15) is 24.8 Å². The number of rotatable bonds is 4. The van der Waals surface area contributed by atoms with Crippen molar-refractivity contribution >= 4 is 21.6 Å². The Hall–Kier alpha value is -1.60. The fourth-order valence-electron chi connectivity index (χ4n) is 2.69. The van der Waals surface area contributed by atoms with Gasteiger partial charge in [0.2, 0.25) is 15.9 Å². The molecule has 0 aromatic heterocycles. The van der Waals surface area contributed by atoms with Gasteiger partial charge < -0.3 is 11.5 Å². The van der Waals surface area contributed by atoms with Crippen LogP contribution >= 0.6 is 0 Å². The number of nitrogens with two attached hydrogens (primary N) is 2. The number of nitrogens with zero attached hydrogens (tertiary/aromatic N) is 1. The van der Waals surface area contributed by atoms with Gasteiger partial charge in [-0.05, 0) is 43.4 Å². The highest BCUT2D eigenvalue weighted by molar-refractivity contribution is 7.89. The van der Waals surface area contributed by atoms with Crippen LogP contribution in [0, 0.1) is 12.8 Å². The molecule has 1 amide bonds. The van der Waals surface area contributed by atoms with Crippen LogP contribution < -0.4 is 11.5 Å². The van der Waals surface area contributed by atoms with E-state index in [9.17, 15) is 13.2 Å². The van der Waals surface area contributed by atoms with Gasteiger partial charge in [-0.25, -0.2) is 8.42 Å². The van der Waals surface area contributed by atoms with Crippen molar-refractivity contribution in [3.8, 4) is 0 Å². The maximum atomic E-state index is 12.7. The molecule has 0 saturated carbocycles. The molecule has 0 bridgehead atoms.